The Kier molecular flexibility index (Phi) is 5.31. The maximum atomic E-state index is 6.48. The van der Waals surface area contributed by atoms with Gasteiger partial charge in [-0.1, -0.05) is 46.2 Å². The molecule has 2 heteroatoms. The molecule has 0 N–H and O–H groups in total. The third-order valence-electron chi connectivity index (χ3n) is 4.16. The van der Waals surface area contributed by atoms with Gasteiger partial charge in [-0.25, -0.2) is 0 Å². The summed E-state index contributed by atoms with van der Waals surface area (Å²) in [5.74, 6) is 1.24. The minimum Gasteiger partial charge on any atom is -0.380 e. The van der Waals surface area contributed by atoms with Crippen LogP contribution < -0.4 is 0 Å². The van der Waals surface area contributed by atoms with Crippen molar-refractivity contribution in [3.05, 3.63) is 11.6 Å². The third-order valence-corrected chi connectivity index (χ3v) is 4.16. The van der Waals surface area contributed by atoms with Crippen LogP contribution in [-0.4, -0.2) is 18.9 Å². The van der Waals surface area contributed by atoms with Gasteiger partial charge in [0.1, 0.15) is 7.28 Å². The zero-order valence-corrected chi connectivity index (χ0v) is 12.4. The predicted octanol–water partition coefficient (Wildman–Crippen LogP) is 4.26. The molecular weight excluding hydrogens is 207 g/mol. The molecule has 17 heavy (non-hydrogen) atoms. The van der Waals surface area contributed by atoms with E-state index >= 15 is 0 Å². The van der Waals surface area contributed by atoms with Crippen molar-refractivity contribution in [2.45, 2.75) is 72.3 Å². The van der Waals surface area contributed by atoms with E-state index < -0.39 is 0 Å². The Labute approximate surface area is 108 Å². The van der Waals surface area contributed by atoms with Crippen molar-refractivity contribution in [2.75, 3.05) is 0 Å². The van der Waals surface area contributed by atoms with Gasteiger partial charge < -0.3 is 4.74 Å². The summed E-state index contributed by atoms with van der Waals surface area (Å²) in [6, 6.07) is 0.301. The highest BCUT2D eigenvalue weighted by atomic mass is 16.5. The molecule has 1 nitrogen and oxygen atoms in total. The highest BCUT2D eigenvalue weighted by molar-refractivity contribution is 6.35. The van der Waals surface area contributed by atoms with E-state index in [4.69, 9.17) is 4.74 Å². The molecule has 1 aliphatic carbocycles. The maximum Gasteiger partial charge on any atom is 0.146 e. The predicted molar refractivity (Wildman–Crippen MR) is 76.5 cm³/mol. The van der Waals surface area contributed by atoms with E-state index in [0.29, 0.717) is 17.8 Å². The van der Waals surface area contributed by atoms with Crippen molar-refractivity contribution in [3.63, 3.8) is 0 Å². The molecule has 0 aromatic heterocycles. The molecule has 0 saturated carbocycles. The molecule has 0 amide bonds. The van der Waals surface area contributed by atoms with E-state index in [1.807, 2.05) is 0 Å². The molecule has 1 radical (unpaired) electrons. The lowest BCUT2D eigenvalue weighted by atomic mass is 9.72. The van der Waals surface area contributed by atoms with E-state index in [-0.39, 0.29) is 5.60 Å². The van der Waals surface area contributed by atoms with Gasteiger partial charge in [-0.2, -0.15) is 0 Å². The summed E-state index contributed by atoms with van der Waals surface area (Å²) in [5.41, 5.74) is 1.54. The van der Waals surface area contributed by atoms with E-state index in [0.717, 1.165) is 19.3 Å². The maximum absolute atomic E-state index is 6.48. The summed E-state index contributed by atoms with van der Waals surface area (Å²) in [6.07, 6.45) is 5.69. The smallest absolute Gasteiger partial charge is 0.146 e. The number of ether oxygens (including phenoxy) is 1. The summed E-state index contributed by atoms with van der Waals surface area (Å²) < 4.78 is 6.48. The fraction of sp³-hybridized carbons (Fsp3) is 0.867. The summed E-state index contributed by atoms with van der Waals surface area (Å²) in [4.78, 5) is 0. The van der Waals surface area contributed by atoms with Gasteiger partial charge in [0, 0.05) is 11.9 Å². The second-order valence-corrected chi connectivity index (χ2v) is 5.93. The first-order valence-electron chi connectivity index (χ1n) is 7.09. The normalized spacial score (nSPS) is 30.5. The largest absolute Gasteiger partial charge is 0.380 e. The Balaban J connectivity index is 2.81. The quantitative estimate of drug-likeness (QED) is 0.493. The summed E-state index contributed by atoms with van der Waals surface area (Å²) in [6.45, 7) is 13.5. The molecule has 1 rings (SSSR count). The number of hydrogen-bond acceptors (Lipinski definition) is 1. The lowest BCUT2D eigenvalue weighted by molar-refractivity contribution is -0.0942. The highest BCUT2D eigenvalue weighted by Crippen LogP contribution is 2.43. The summed E-state index contributed by atoms with van der Waals surface area (Å²) in [5, 5.41) is 0. The van der Waals surface area contributed by atoms with Crippen LogP contribution in [-0.2, 0) is 4.74 Å². The van der Waals surface area contributed by atoms with Gasteiger partial charge in [0.05, 0.1) is 5.60 Å². The molecular formula is C15H28BO. The second-order valence-electron chi connectivity index (χ2n) is 5.93. The molecule has 0 aliphatic heterocycles. The molecule has 0 aromatic rings. The minimum atomic E-state index is 0.0471. The van der Waals surface area contributed by atoms with Crippen LogP contribution in [0.1, 0.15) is 53.9 Å². The molecule has 0 spiro atoms. The lowest BCUT2D eigenvalue weighted by Gasteiger charge is -2.39. The minimum absolute atomic E-state index is 0.0471. The van der Waals surface area contributed by atoms with Crippen molar-refractivity contribution in [1.82, 2.24) is 0 Å². The van der Waals surface area contributed by atoms with Gasteiger partial charge in [-0.05, 0) is 32.1 Å². The standard InChI is InChI=1S/C15H28BO/c1-7-14(16-6)17-15(10-11(2)3)9-8-12(4)13(15)5/h8,11,13-14H,7,9-10H2,1-6H3. The Morgan fingerprint density at radius 3 is 2.53 bits per heavy atom. The van der Waals surface area contributed by atoms with Crippen molar-refractivity contribution in [1.29, 1.82) is 0 Å². The second kappa shape index (κ2) is 6.09. The number of rotatable bonds is 6. The molecule has 3 atom stereocenters. The van der Waals surface area contributed by atoms with Crippen molar-refractivity contribution < 1.29 is 4.74 Å². The van der Waals surface area contributed by atoms with Crippen LogP contribution in [0.2, 0.25) is 6.82 Å². The van der Waals surface area contributed by atoms with Gasteiger partial charge in [-0.3, -0.25) is 0 Å². The van der Waals surface area contributed by atoms with Gasteiger partial charge in [-0.15, -0.1) is 0 Å². The van der Waals surface area contributed by atoms with Crippen LogP contribution in [0.3, 0.4) is 0 Å². The van der Waals surface area contributed by atoms with Crippen molar-refractivity contribution in [3.8, 4) is 0 Å². The van der Waals surface area contributed by atoms with E-state index in [1.165, 1.54) is 5.57 Å². The average Bonchev–Trinajstić information content (AvgIpc) is 2.54. The average molecular weight is 235 g/mol. The van der Waals surface area contributed by atoms with E-state index in [9.17, 15) is 0 Å². The molecule has 0 fully saturated rings. The first kappa shape index (κ1) is 14.8. The van der Waals surface area contributed by atoms with Gasteiger partial charge in [0.25, 0.3) is 0 Å². The van der Waals surface area contributed by atoms with Crippen LogP contribution in [0.15, 0.2) is 11.6 Å². The zero-order valence-electron chi connectivity index (χ0n) is 12.4. The molecule has 97 valence electrons. The molecule has 0 heterocycles. The van der Waals surface area contributed by atoms with Crippen LogP contribution >= 0.6 is 0 Å². The number of hydrogen-bond donors (Lipinski definition) is 0. The Morgan fingerprint density at radius 2 is 2.18 bits per heavy atom. The molecule has 3 unspecified atom stereocenters. The van der Waals surface area contributed by atoms with Crippen LogP contribution in [0.5, 0.6) is 0 Å². The molecule has 0 saturated heterocycles. The molecule has 0 aromatic carbocycles. The van der Waals surface area contributed by atoms with Crippen molar-refractivity contribution >= 4 is 7.28 Å². The topological polar surface area (TPSA) is 9.23 Å². The van der Waals surface area contributed by atoms with Crippen molar-refractivity contribution in [2.24, 2.45) is 11.8 Å². The zero-order chi connectivity index (χ0) is 13.1. The highest BCUT2D eigenvalue weighted by Gasteiger charge is 2.42. The molecule has 1 aliphatic rings. The van der Waals surface area contributed by atoms with Crippen LogP contribution in [0.25, 0.3) is 0 Å². The summed E-state index contributed by atoms with van der Waals surface area (Å²) >= 11 is 0. The van der Waals surface area contributed by atoms with Gasteiger partial charge in [0.2, 0.25) is 0 Å². The SMILES string of the molecule is C[B]C(CC)OC1(CC(C)C)CC=C(C)C1C. The first-order valence-corrected chi connectivity index (χ1v) is 7.09. The monoisotopic (exact) mass is 235 g/mol. The Morgan fingerprint density at radius 1 is 1.53 bits per heavy atom. The summed E-state index contributed by atoms with van der Waals surface area (Å²) in [7, 11) is 2.20. The third kappa shape index (κ3) is 3.37. The molecule has 0 bridgehead atoms. The van der Waals surface area contributed by atoms with Gasteiger partial charge >= 0.3 is 0 Å². The fourth-order valence-corrected chi connectivity index (χ4v) is 2.94. The Hall–Kier alpha value is -0.235. The van der Waals surface area contributed by atoms with Crippen LogP contribution in [0, 0.1) is 11.8 Å². The first-order chi connectivity index (χ1) is 7.95. The lowest BCUT2D eigenvalue weighted by Crippen LogP contribution is -2.42. The van der Waals surface area contributed by atoms with Crippen LogP contribution in [0.4, 0.5) is 0 Å². The Bertz CT molecular complexity index is 268. The van der Waals surface area contributed by atoms with E-state index in [2.05, 4.69) is 54.8 Å². The fourth-order valence-electron chi connectivity index (χ4n) is 2.94. The van der Waals surface area contributed by atoms with E-state index in [1.54, 1.807) is 0 Å². The van der Waals surface area contributed by atoms with Gasteiger partial charge in [0.15, 0.2) is 0 Å².